The quantitative estimate of drug-likeness (QED) is 0.522. The number of benzene rings is 1. The molecule has 1 saturated heterocycles. The van der Waals surface area contributed by atoms with Crippen LogP contribution in [-0.2, 0) is 9.59 Å². The molecule has 0 saturated carbocycles. The van der Waals surface area contributed by atoms with Crippen LogP contribution >= 0.6 is 23.4 Å². The van der Waals surface area contributed by atoms with Crippen LogP contribution in [0.4, 0.5) is 11.4 Å². The smallest absolute Gasteiger partial charge is 0.294 e. The number of nitro benzene ring substituents is 1. The van der Waals surface area contributed by atoms with E-state index in [0.717, 1.165) is 6.07 Å². The van der Waals surface area contributed by atoms with Gasteiger partial charge in [0.25, 0.3) is 11.6 Å². The summed E-state index contributed by atoms with van der Waals surface area (Å²) < 4.78 is 0. The van der Waals surface area contributed by atoms with Crippen LogP contribution in [0.1, 0.15) is 0 Å². The lowest BCUT2D eigenvalue weighted by Crippen LogP contribution is -2.20. The Kier molecular flexibility index (Phi) is 4.49. The van der Waals surface area contributed by atoms with Gasteiger partial charge in [0.2, 0.25) is 5.91 Å². The van der Waals surface area contributed by atoms with Crippen molar-refractivity contribution in [2.24, 2.45) is 0 Å². The molecule has 0 unspecified atom stereocenters. The summed E-state index contributed by atoms with van der Waals surface area (Å²) in [6, 6.07) is 3.95. The molecule has 1 aromatic rings. The lowest BCUT2D eigenvalue weighted by Gasteiger charge is -2.09. The summed E-state index contributed by atoms with van der Waals surface area (Å²) in [4.78, 5) is 34.9. The Balaban J connectivity index is 2.19. The van der Waals surface area contributed by atoms with Gasteiger partial charge in [-0.25, -0.2) is 0 Å². The Labute approximate surface area is 129 Å². The van der Waals surface area contributed by atoms with Crippen LogP contribution in [0.15, 0.2) is 29.3 Å². The number of amides is 2. The van der Waals surface area contributed by atoms with E-state index >= 15 is 0 Å². The molecule has 1 fully saturated rings. The van der Waals surface area contributed by atoms with Crippen molar-refractivity contribution in [2.75, 3.05) is 18.1 Å². The molecule has 21 heavy (non-hydrogen) atoms. The highest BCUT2D eigenvalue weighted by Crippen LogP contribution is 2.29. The zero-order valence-corrected chi connectivity index (χ0v) is 12.4. The van der Waals surface area contributed by atoms with Crippen molar-refractivity contribution in [1.82, 2.24) is 4.90 Å². The number of nitrogens with zero attached hydrogens (tertiary/aromatic N) is 2. The Morgan fingerprint density at radius 1 is 1.57 bits per heavy atom. The SMILES string of the molecule is CN1C(=O)CSC1=CC(=O)Nc1ccc(Cl)cc1[N+](=O)[O-]. The summed E-state index contributed by atoms with van der Waals surface area (Å²) in [5.74, 6) is -0.377. The van der Waals surface area contributed by atoms with Gasteiger partial charge in [-0.2, -0.15) is 0 Å². The number of nitro groups is 1. The molecule has 1 aliphatic heterocycles. The number of nitrogens with one attached hydrogen (secondary N) is 1. The van der Waals surface area contributed by atoms with E-state index in [-0.39, 0.29) is 28.1 Å². The maximum atomic E-state index is 11.9. The summed E-state index contributed by atoms with van der Waals surface area (Å²) in [5.41, 5.74) is -0.249. The molecule has 2 amide bonds. The highest BCUT2D eigenvalue weighted by atomic mass is 35.5. The van der Waals surface area contributed by atoms with Crippen LogP contribution < -0.4 is 5.32 Å². The molecule has 1 aliphatic rings. The molecule has 7 nitrogen and oxygen atoms in total. The number of anilines is 1. The van der Waals surface area contributed by atoms with Gasteiger partial charge in [0, 0.05) is 24.2 Å². The van der Waals surface area contributed by atoms with Crippen LogP contribution in [0.3, 0.4) is 0 Å². The third kappa shape index (κ3) is 3.53. The van der Waals surface area contributed by atoms with E-state index in [2.05, 4.69) is 5.32 Å². The number of hydrogen-bond acceptors (Lipinski definition) is 5. The fraction of sp³-hybridized carbons (Fsp3) is 0.167. The average molecular weight is 328 g/mol. The van der Waals surface area contributed by atoms with Crippen molar-refractivity contribution >= 4 is 46.6 Å². The first kappa shape index (κ1) is 15.3. The Hall–Kier alpha value is -2.06. The lowest BCUT2D eigenvalue weighted by molar-refractivity contribution is -0.383. The van der Waals surface area contributed by atoms with E-state index in [4.69, 9.17) is 11.6 Å². The summed E-state index contributed by atoms with van der Waals surface area (Å²) >= 11 is 6.93. The highest BCUT2D eigenvalue weighted by Gasteiger charge is 2.24. The topological polar surface area (TPSA) is 92.6 Å². The first-order chi connectivity index (χ1) is 9.88. The van der Waals surface area contributed by atoms with Gasteiger partial charge in [-0.3, -0.25) is 19.7 Å². The zero-order chi connectivity index (χ0) is 15.6. The minimum absolute atomic E-state index is 0.0447. The average Bonchev–Trinajstić information content (AvgIpc) is 2.72. The molecule has 0 spiro atoms. The number of thioether (sulfide) groups is 1. The second-order valence-corrected chi connectivity index (χ2v) is 5.56. The molecule has 2 rings (SSSR count). The Morgan fingerprint density at radius 3 is 2.86 bits per heavy atom. The number of halogens is 1. The zero-order valence-electron chi connectivity index (χ0n) is 10.8. The van der Waals surface area contributed by atoms with Gasteiger partial charge in [-0.1, -0.05) is 23.4 Å². The number of carbonyl (C=O) groups is 2. The third-order valence-electron chi connectivity index (χ3n) is 2.72. The van der Waals surface area contributed by atoms with Crippen LogP contribution in [-0.4, -0.2) is 34.4 Å². The summed E-state index contributed by atoms with van der Waals surface area (Å²) in [7, 11) is 1.56. The highest BCUT2D eigenvalue weighted by molar-refractivity contribution is 8.04. The van der Waals surface area contributed by atoms with Crippen LogP contribution in [0.2, 0.25) is 5.02 Å². The number of carbonyl (C=O) groups excluding carboxylic acids is 2. The molecule has 0 aliphatic carbocycles. The van der Waals surface area contributed by atoms with Crippen molar-refractivity contribution in [3.63, 3.8) is 0 Å². The van der Waals surface area contributed by atoms with Crippen molar-refractivity contribution < 1.29 is 14.5 Å². The lowest BCUT2D eigenvalue weighted by atomic mass is 10.2. The molecule has 0 atom stereocenters. The van der Waals surface area contributed by atoms with Gasteiger partial charge in [-0.15, -0.1) is 0 Å². The van der Waals surface area contributed by atoms with E-state index in [1.54, 1.807) is 7.05 Å². The molecule has 0 aromatic heterocycles. The van der Waals surface area contributed by atoms with E-state index in [1.165, 1.54) is 34.9 Å². The summed E-state index contributed by atoms with van der Waals surface area (Å²) in [6.07, 6.45) is 1.23. The predicted octanol–water partition coefficient (Wildman–Crippen LogP) is 2.23. The Bertz CT molecular complexity index is 662. The van der Waals surface area contributed by atoms with Gasteiger partial charge < -0.3 is 10.2 Å². The number of rotatable bonds is 3. The van der Waals surface area contributed by atoms with Gasteiger partial charge in [0.05, 0.1) is 15.7 Å². The van der Waals surface area contributed by atoms with Gasteiger partial charge >= 0.3 is 0 Å². The van der Waals surface area contributed by atoms with Crippen LogP contribution in [0, 0.1) is 10.1 Å². The fourth-order valence-electron chi connectivity index (χ4n) is 1.63. The standard InChI is InChI=1S/C12H10ClN3O4S/c1-15-11(18)6-21-12(15)5-10(17)14-8-3-2-7(13)4-9(8)16(19)20/h2-5H,6H2,1H3,(H,14,17). The molecule has 0 bridgehead atoms. The molecule has 1 N–H and O–H groups in total. The van der Waals surface area contributed by atoms with Crippen molar-refractivity contribution in [1.29, 1.82) is 0 Å². The third-order valence-corrected chi connectivity index (χ3v) is 4.03. The largest absolute Gasteiger partial charge is 0.317 e. The number of hydrogen-bond donors (Lipinski definition) is 1. The van der Waals surface area contributed by atoms with Crippen molar-refractivity contribution in [2.45, 2.75) is 0 Å². The first-order valence-electron chi connectivity index (χ1n) is 5.74. The van der Waals surface area contributed by atoms with E-state index in [9.17, 15) is 19.7 Å². The summed E-state index contributed by atoms with van der Waals surface area (Å²) in [5, 5.41) is 14.0. The predicted molar refractivity (Wildman–Crippen MR) is 80.0 cm³/mol. The van der Waals surface area contributed by atoms with Gasteiger partial charge in [-0.05, 0) is 12.1 Å². The molecular formula is C12H10ClN3O4S. The monoisotopic (exact) mass is 327 g/mol. The normalized spacial score (nSPS) is 16.4. The maximum absolute atomic E-state index is 11.9. The van der Waals surface area contributed by atoms with E-state index in [1.807, 2.05) is 0 Å². The maximum Gasteiger partial charge on any atom is 0.294 e. The second-order valence-electron chi connectivity index (χ2n) is 4.13. The fourth-order valence-corrected chi connectivity index (χ4v) is 2.75. The molecule has 110 valence electrons. The minimum atomic E-state index is -0.630. The van der Waals surface area contributed by atoms with E-state index < -0.39 is 10.8 Å². The molecule has 1 heterocycles. The summed E-state index contributed by atoms with van der Waals surface area (Å²) in [6.45, 7) is 0. The van der Waals surface area contributed by atoms with Crippen molar-refractivity contribution in [3.05, 3.63) is 44.4 Å². The van der Waals surface area contributed by atoms with Crippen LogP contribution in [0.5, 0.6) is 0 Å². The van der Waals surface area contributed by atoms with Crippen molar-refractivity contribution in [3.8, 4) is 0 Å². The van der Waals surface area contributed by atoms with E-state index in [0.29, 0.717) is 5.03 Å². The molecule has 1 aromatic carbocycles. The first-order valence-corrected chi connectivity index (χ1v) is 7.11. The van der Waals surface area contributed by atoms with Crippen LogP contribution in [0.25, 0.3) is 0 Å². The second kappa shape index (κ2) is 6.15. The minimum Gasteiger partial charge on any atom is -0.317 e. The van der Waals surface area contributed by atoms with Gasteiger partial charge in [0.1, 0.15) is 5.69 Å². The van der Waals surface area contributed by atoms with Gasteiger partial charge in [0.15, 0.2) is 0 Å². The molecule has 9 heteroatoms. The Morgan fingerprint density at radius 2 is 2.29 bits per heavy atom. The molecule has 0 radical (unpaired) electrons. The molecular weight excluding hydrogens is 318 g/mol.